The van der Waals surface area contributed by atoms with E-state index in [0.717, 1.165) is 27.8 Å². The number of furan rings is 1. The standard InChI is InChI=1S/C29H26N2O6/c1-16(2)18-7-10-23-20(13-18)6-5-19-12-17(3)4-9-22(19)26(23)24-15-31(28(33)30-27(24)32)14-21-8-11-25(36-21)37-29(34)35/h4-13,15-16,26H,14H2,1-3H3,(H,34,35)(H,30,32,33). The van der Waals surface area contributed by atoms with Crippen LogP contribution in [0.1, 0.15) is 70.4 Å². The summed E-state index contributed by atoms with van der Waals surface area (Å²) in [6.07, 6.45) is 4.21. The Labute approximate surface area is 212 Å². The lowest BCUT2D eigenvalue weighted by molar-refractivity contribution is 0.132. The predicted octanol–water partition coefficient (Wildman–Crippen LogP) is 5.33. The van der Waals surface area contributed by atoms with E-state index in [-0.39, 0.29) is 12.5 Å². The molecule has 2 N–H and O–H groups in total. The molecule has 0 spiro atoms. The summed E-state index contributed by atoms with van der Waals surface area (Å²) < 4.78 is 11.3. The molecule has 8 nitrogen and oxygen atoms in total. The first kappa shape index (κ1) is 24.1. The number of fused-ring (bicyclic) bond motifs is 2. The van der Waals surface area contributed by atoms with E-state index in [1.807, 2.05) is 19.1 Å². The topological polar surface area (TPSA) is 115 Å². The van der Waals surface area contributed by atoms with Crippen molar-refractivity contribution in [3.05, 3.63) is 120 Å². The number of nitrogens with zero attached hydrogens (tertiary/aromatic N) is 1. The molecule has 8 heteroatoms. The number of nitrogens with one attached hydrogen (secondary N) is 1. The molecule has 2 heterocycles. The highest BCUT2D eigenvalue weighted by molar-refractivity contribution is 5.78. The number of carboxylic acid groups (broad SMARTS) is 1. The highest BCUT2D eigenvalue weighted by atomic mass is 16.7. The van der Waals surface area contributed by atoms with Gasteiger partial charge in [-0.2, -0.15) is 0 Å². The van der Waals surface area contributed by atoms with Crippen LogP contribution in [-0.2, 0) is 6.54 Å². The fourth-order valence-corrected chi connectivity index (χ4v) is 4.74. The van der Waals surface area contributed by atoms with Crippen molar-refractivity contribution in [1.82, 2.24) is 9.55 Å². The van der Waals surface area contributed by atoms with E-state index < -0.39 is 23.3 Å². The Kier molecular flexibility index (Phi) is 6.17. The van der Waals surface area contributed by atoms with Crippen LogP contribution in [0.4, 0.5) is 4.79 Å². The molecule has 0 fully saturated rings. The van der Waals surface area contributed by atoms with Gasteiger partial charge in [-0.1, -0.05) is 68.0 Å². The molecular weight excluding hydrogens is 472 g/mol. The number of benzene rings is 2. The fourth-order valence-electron chi connectivity index (χ4n) is 4.74. The SMILES string of the molecule is Cc1ccc2c(c1)C=Cc1cc(C(C)C)ccc1C2c1cn(Cc2ccc(OC(=O)O)o2)c(=O)[nH]c1=O. The number of aromatic amines is 1. The highest BCUT2D eigenvalue weighted by Crippen LogP contribution is 2.39. The lowest BCUT2D eigenvalue weighted by Gasteiger charge is -2.22. The fraction of sp³-hybridized carbons (Fsp3) is 0.207. The quantitative estimate of drug-likeness (QED) is 0.317. The Morgan fingerprint density at radius 1 is 1.03 bits per heavy atom. The first-order valence-electron chi connectivity index (χ1n) is 11.9. The van der Waals surface area contributed by atoms with Crippen LogP contribution in [0.5, 0.6) is 5.95 Å². The summed E-state index contributed by atoms with van der Waals surface area (Å²) in [6, 6.07) is 15.3. The molecule has 1 aliphatic carbocycles. The van der Waals surface area contributed by atoms with Crippen molar-refractivity contribution in [2.45, 2.75) is 39.2 Å². The summed E-state index contributed by atoms with van der Waals surface area (Å²) >= 11 is 0. The third-order valence-electron chi connectivity index (χ3n) is 6.58. The summed E-state index contributed by atoms with van der Waals surface area (Å²) in [4.78, 5) is 39.2. The van der Waals surface area contributed by atoms with E-state index in [4.69, 9.17) is 9.52 Å². The van der Waals surface area contributed by atoms with Crippen molar-refractivity contribution in [3.63, 3.8) is 0 Å². The van der Waals surface area contributed by atoms with Crippen LogP contribution in [-0.4, -0.2) is 20.8 Å². The average molecular weight is 499 g/mol. The number of H-pyrrole nitrogens is 1. The third-order valence-corrected chi connectivity index (χ3v) is 6.58. The maximum Gasteiger partial charge on any atom is 0.513 e. The second-order valence-corrected chi connectivity index (χ2v) is 9.50. The van der Waals surface area contributed by atoms with Crippen LogP contribution in [0.25, 0.3) is 12.2 Å². The molecular formula is C29H26N2O6. The smallest absolute Gasteiger partial charge is 0.449 e. The lowest BCUT2D eigenvalue weighted by Crippen LogP contribution is -2.33. The van der Waals surface area contributed by atoms with Crippen molar-refractivity contribution in [3.8, 4) is 5.95 Å². The molecule has 5 rings (SSSR count). The minimum absolute atomic E-state index is 0.0174. The zero-order valence-corrected chi connectivity index (χ0v) is 20.6. The molecule has 37 heavy (non-hydrogen) atoms. The van der Waals surface area contributed by atoms with Gasteiger partial charge in [0, 0.05) is 23.7 Å². The zero-order chi connectivity index (χ0) is 26.3. The summed E-state index contributed by atoms with van der Waals surface area (Å²) in [5, 5.41) is 8.79. The Balaban J connectivity index is 1.65. The van der Waals surface area contributed by atoms with Gasteiger partial charge in [0.1, 0.15) is 5.76 Å². The summed E-state index contributed by atoms with van der Waals surface area (Å²) in [5.41, 5.74) is 5.60. The van der Waals surface area contributed by atoms with Crippen molar-refractivity contribution in [2.75, 3.05) is 0 Å². The second-order valence-electron chi connectivity index (χ2n) is 9.50. The lowest BCUT2D eigenvalue weighted by atomic mass is 9.82. The van der Waals surface area contributed by atoms with Crippen LogP contribution in [0.3, 0.4) is 0 Å². The van der Waals surface area contributed by atoms with Gasteiger partial charge in [-0.3, -0.25) is 14.3 Å². The first-order valence-corrected chi connectivity index (χ1v) is 11.9. The number of hydrogen-bond acceptors (Lipinski definition) is 5. The maximum atomic E-state index is 13.2. The van der Waals surface area contributed by atoms with Gasteiger partial charge in [-0.25, -0.2) is 9.59 Å². The van der Waals surface area contributed by atoms with Crippen LogP contribution < -0.4 is 16.0 Å². The van der Waals surface area contributed by atoms with Crippen LogP contribution in [0.2, 0.25) is 0 Å². The van der Waals surface area contributed by atoms with Gasteiger partial charge in [-0.05, 0) is 46.7 Å². The van der Waals surface area contributed by atoms with E-state index in [2.05, 4.69) is 60.0 Å². The molecule has 0 aliphatic heterocycles. The molecule has 188 valence electrons. The van der Waals surface area contributed by atoms with Crippen LogP contribution in [0.15, 0.2) is 68.7 Å². The van der Waals surface area contributed by atoms with Crippen molar-refractivity contribution < 1.29 is 19.1 Å². The largest absolute Gasteiger partial charge is 0.513 e. The van der Waals surface area contributed by atoms with E-state index in [1.54, 1.807) is 6.20 Å². The molecule has 1 unspecified atom stereocenters. The molecule has 0 saturated carbocycles. The Morgan fingerprint density at radius 3 is 2.43 bits per heavy atom. The van der Waals surface area contributed by atoms with E-state index >= 15 is 0 Å². The van der Waals surface area contributed by atoms with Gasteiger partial charge < -0.3 is 14.3 Å². The van der Waals surface area contributed by atoms with Crippen molar-refractivity contribution in [2.24, 2.45) is 0 Å². The average Bonchev–Trinajstić information content (AvgIpc) is 3.20. The summed E-state index contributed by atoms with van der Waals surface area (Å²) in [6.45, 7) is 6.28. The summed E-state index contributed by atoms with van der Waals surface area (Å²) in [5.74, 6) is 0.0321. The minimum Gasteiger partial charge on any atom is -0.449 e. The van der Waals surface area contributed by atoms with Crippen molar-refractivity contribution in [1.29, 1.82) is 0 Å². The van der Waals surface area contributed by atoms with Gasteiger partial charge >= 0.3 is 11.8 Å². The molecule has 1 aliphatic rings. The van der Waals surface area contributed by atoms with Gasteiger partial charge in [0.05, 0.1) is 6.54 Å². The molecule has 0 amide bonds. The number of rotatable bonds is 5. The molecule has 4 aromatic rings. The van der Waals surface area contributed by atoms with E-state index in [1.165, 1.54) is 22.3 Å². The highest BCUT2D eigenvalue weighted by Gasteiger charge is 2.27. The maximum absolute atomic E-state index is 13.2. The Bertz CT molecular complexity index is 1650. The molecule has 2 aromatic carbocycles. The molecule has 0 saturated heterocycles. The van der Waals surface area contributed by atoms with Crippen LogP contribution in [0, 0.1) is 6.92 Å². The minimum atomic E-state index is -1.50. The Hall–Kier alpha value is -4.59. The van der Waals surface area contributed by atoms with Crippen molar-refractivity contribution >= 4 is 18.3 Å². The molecule has 0 radical (unpaired) electrons. The third kappa shape index (κ3) is 4.78. The van der Waals surface area contributed by atoms with Gasteiger partial charge in [0.15, 0.2) is 0 Å². The molecule has 1 atom stereocenters. The predicted molar refractivity (Wildman–Crippen MR) is 139 cm³/mol. The molecule has 2 aromatic heterocycles. The van der Waals surface area contributed by atoms with Gasteiger partial charge in [0.25, 0.3) is 11.5 Å². The number of aryl methyl sites for hydroxylation is 1. The number of carbonyl (C=O) groups is 1. The Morgan fingerprint density at radius 2 is 1.73 bits per heavy atom. The van der Waals surface area contributed by atoms with E-state index in [9.17, 15) is 14.4 Å². The molecule has 0 bridgehead atoms. The number of ether oxygens (including phenoxy) is 1. The van der Waals surface area contributed by atoms with Gasteiger partial charge in [-0.15, -0.1) is 0 Å². The van der Waals surface area contributed by atoms with Crippen LogP contribution >= 0.6 is 0 Å². The second kappa shape index (κ2) is 9.46. The normalized spacial score (nSPS) is 14.2. The summed E-state index contributed by atoms with van der Waals surface area (Å²) in [7, 11) is 0. The van der Waals surface area contributed by atoms with E-state index in [0.29, 0.717) is 17.2 Å². The first-order chi connectivity index (χ1) is 17.7. The number of hydrogen-bond donors (Lipinski definition) is 2. The zero-order valence-electron chi connectivity index (χ0n) is 20.6. The monoisotopic (exact) mass is 498 g/mol. The van der Waals surface area contributed by atoms with Gasteiger partial charge in [0.2, 0.25) is 0 Å². The number of aromatic nitrogens is 2.